The van der Waals surface area contributed by atoms with Crippen molar-refractivity contribution in [3.63, 3.8) is 0 Å². The lowest BCUT2D eigenvalue weighted by Gasteiger charge is -2.22. The van der Waals surface area contributed by atoms with E-state index >= 15 is 0 Å². The molecule has 1 fully saturated rings. The number of unbranched alkanes of at least 4 members (excludes halogenated alkanes) is 1. The summed E-state index contributed by atoms with van der Waals surface area (Å²) >= 11 is 0. The molecule has 1 heterocycles. The first-order chi connectivity index (χ1) is 6.64. The number of hydrogen-bond acceptors (Lipinski definition) is 2. The number of likely N-dealkylation sites (tertiary alicyclic amines) is 1. The molecule has 0 amide bonds. The normalized spacial score (nSPS) is 29.9. The Bertz CT molecular complexity index is 177. The zero-order valence-corrected chi connectivity index (χ0v) is 9.34. The summed E-state index contributed by atoms with van der Waals surface area (Å²) in [7, 11) is 0. The van der Waals surface area contributed by atoms with Gasteiger partial charge in [0.25, 0.3) is 0 Å². The van der Waals surface area contributed by atoms with E-state index in [4.69, 9.17) is 0 Å². The van der Waals surface area contributed by atoms with Crippen LogP contribution in [0, 0.1) is 0 Å². The highest BCUT2D eigenvalue weighted by atomic mass is 16.3. The molecule has 2 nitrogen and oxygen atoms in total. The van der Waals surface area contributed by atoms with Crippen molar-refractivity contribution < 1.29 is 5.11 Å². The summed E-state index contributed by atoms with van der Waals surface area (Å²) in [6.07, 6.45) is 7.28. The van der Waals surface area contributed by atoms with Crippen molar-refractivity contribution in [3.05, 3.63) is 12.7 Å². The van der Waals surface area contributed by atoms with Crippen LogP contribution in [0.5, 0.6) is 0 Å². The van der Waals surface area contributed by atoms with Crippen LogP contribution in [0.3, 0.4) is 0 Å². The fraction of sp³-hybridized carbons (Fsp3) is 0.833. The van der Waals surface area contributed by atoms with Gasteiger partial charge in [0, 0.05) is 6.54 Å². The van der Waals surface area contributed by atoms with Gasteiger partial charge in [-0.05, 0) is 52.1 Å². The third kappa shape index (κ3) is 4.25. The van der Waals surface area contributed by atoms with Gasteiger partial charge in [-0.15, -0.1) is 6.58 Å². The number of rotatable bonds is 4. The monoisotopic (exact) mass is 197 g/mol. The zero-order valence-electron chi connectivity index (χ0n) is 9.34. The maximum Gasteiger partial charge on any atom is 0.0632 e. The second-order valence-corrected chi connectivity index (χ2v) is 4.62. The molecule has 1 rings (SSSR count). The Balaban J connectivity index is 2.24. The fourth-order valence-corrected chi connectivity index (χ4v) is 2.00. The van der Waals surface area contributed by atoms with E-state index in [-0.39, 0.29) is 0 Å². The highest BCUT2D eigenvalue weighted by Crippen LogP contribution is 2.21. The molecule has 1 aliphatic heterocycles. The Kier molecular flexibility index (Phi) is 4.63. The van der Waals surface area contributed by atoms with Crippen LogP contribution in [-0.2, 0) is 0 Å². The highest BCUT2D eigenvalue weighted by Gasteiger charge is 2.24. The minimum Gasteiger partial charge on any atom is -0.390 e. The molecule has 0 saturated carbocycles. The van der Waals surface area contributed by atoms with Crippen molar-refractivity contribution in [1.82, 2.24) is 4.90 Å². The van der Waals surface area contributed by atoms with Crippen LogP contribution in [-0.4, -0.2) is 35.2 Å². The van der Waals surface area contributed by atoms with E-state index in [1.165, 1.54) is 6.42 Å². The van der Waals surface area contributed by atoms with E-state index in [0.29, 0.717) is 0 Å². The van der Waals surface area contributed by atoms with Crippen LogP contribution in [0.25, 0.3) is 0 Å². The average molecular weight is 197 g/mol. The van der Waals surface area contributed by atoms with E-state index in [2.05, 4.69) is 11.5 Å². The van der Waals surface area contributed by atoms with E-state index in [0.717, 1.165) is 45.3 Å². The molecule has 0 radical (unpaired) electrons. The second-order valence-electron chi connectivity index (χ2n) is 4.62. The molecule has 14 heavy (non-hydrogen) atoms. The lowest BCUT2D eigenvalue weighted by molar-refractivity contribution is 0.0446. The molecule has 82 valence electrons. The molecule has 0 aliphatic carbocycles. The van der Waals surface area contributed by atoms with Crippen LogP contribution < -0.4 is 0 Å². The highest BCUT2D eigenvalue weighted by molar-refractivity contribution is 4.79. The molecule has 1 N–H and O–H groups in total. The SMILES string of the molecule is C=CCCCN1CCCC(C)(O)CC1. The molecule has 1 unspecified atom stereocenters. The molecule has 1 aliphatic rings. The molecular formula is C12H23NO. The summed E-state index contributed by atoms with van der Waals surface area (Å²) < 4.78 is 0. The smallest absolute Gasteiger partial charge is 0.0632 e. The first-order valence-electron chi connectivity index (χ1n) is 5.70. The molecule has 0 bridgehead atoms. The van der Waals surface area contributed by atoms with Crippen LogP contribution in [0.1, 0.15) is 39.0 Å². The molecule has 0 aromatic carbocycles. The van der Waals surface area contributed by atoms with Gasteiger partial charge in [0.1, 0.15) is 0 Å². The van der Waals surface area contributed by atoms with Crippen molar-refractivity contribution in [3.8, 4) is 0 Å². The van der Waals surface area contributed by atoms with Crippen molar-refractivity contribution in [2.24, 2.45) is 0 Å². The van der Waals surface area contributed by atoms with E-state index in [1.807, 2.05) is 13.0 Å². The topological polar surface area (TPSA) is 23.5 Å². The maximum atomic E-state index is 9.90. The lowest BCUT2D eigenvalue weighted by Crippen LogP contribution is -2.29. The first-order valence-corrected chi connectivity index (χ1v) is 5.70. The van der Waals surface area contributed by atoms with E-state index in [1.54, 1.807) is 0 Å². The summed E-state index contributed by atoms with van der Waals surface area (Å²) in [5.41, 5.74) is -0.423. The lowest BCUT2D eigenvalue weighted by atomic mass is 9.98. The van der Waals surface area contributed by atoms with E-state index < -0.39 is 5.60 Å². The van der Waals surface area contributed by atoms with E-state index in [9.17, 15) is 5.11 Å². The van der Waals surface area contributed by atoms with Gasteiger partial charge in [0.2, 0.25) is 0 Å². The quantitative estimate of drug-likeness (QED) is 0.551. The van der Waals surface area contributed by atoms with Gasteiger partial charge in [-0.3, -0.25) is 0 Å². The maximum absolute atomic E-state index is 9.90. The standard InChI is InChI=1S/C12H23NO/c1-3-4-5-9-13-10-6-7-12(2,14)8-11-13/h3,14H,1,4-11H2,2H3. The van der Waals surface area contributed by atoms with Crippen LogP contribution >= 0.6 is 0 Å². The van der Waals surface area contributed by atoms with Gasteiger partial charge < -0.3 is 10.0 Å². The third-order valence-electron chi connectivity index (χ3n) is 3.04. The van der Waals surface area contributed by atoms with Crippen LogP contribution in [0.2, 0.25) is 0 Å². The molecule has 1 saturated heterocycles. The summed E-state index contributed by atoms with van der Waals surface area (Å²) in [5.74, 6) is 0. The fourth-order valence-electron chi connectivity index (χ4n) is 2.00. The molecule has 1 atom stereocenters. The Morgan fingerprint density at radius 3 is 2.93 bits per heavy atom. The second kappa shape index (κ2) is 5.52. The molecular weight excluding hydrogens is 174 g/mol. The van der Waals surface area contributed by atoms with Crippen molar-refractivity contribution in [2.45, 2.75) is 44.6 Å². The summed E-state index contributed by atoms with van der Waals surface area (Å²) in [6.45, 7) is 9.03. The number of allylic oxidation sites excluding steroid dienone is 1. The van der Waals surface area contributed by atoms with Gasteiger partial charge in [-0.25, -0.2) is 0 Å². The molecule has 2 heteroatoms. The zero-order chi connectivity index (χ0) is 10.4. The minimum absolute atomic E-state index is 0.423. The summed E-state index contributed by atoms with van der Waals surface area (Å²) in [4.78, 5) is 2.46. The van der Waals surface area contributed by atoms with Gasteiger partial charge in [-0.1, -0.05) is 6.08 Å². The summed E-state index contributed by atoms with van der Waals surface area (Å²) in [6, 6.07) is 0. The van der Waals surface area contributed by atoms with Gasteiger partial charge >= 0.3 is 0 Å². The molecule has 0 spiro atoms. The number of hydrogen-bond donors (Lipinski definition) is 1. The number of nitrogens with zero attached hydrogens (tertiary/aromatic N) is 1. The molecule has 0 aromatic heterocycles. The average Bonchev–Trinajstić information content (AvgIpc) is 2.28. The van der Waals surface area contributed by atoms with Gasteiger partial charge in [-0.2, -0.15) is 0 Å². The van der Waals surface area contributed by atoms with Gasteiger partial charge in [0.15, 0.2) is 0 Å². The minimum atomic E-state index is -0.423. The predicted octanol–water partition coefficient (Wildman–Crippen LogP) is 2.19. The number of aliphatic hydroxyl groups is 1. The Morgan fingerprint density at radius 2 is 2.21 bits per heavy atom. The van der Waals surface area contributed by atoms with Gasteiger partial charge in [0.05, 0.1) is 5.60 Å². The first kappa shape index (κ1) is 11.7. The Morgan fingerprint density at radius 1 is 1.43 bits per heavy atom. The third-order valence-corrected chi connectivity index (χ3v) is 3.04. The van der Waals surface area contributed by atoms with Crippen molar-refractivity contribution in [1.29, 1.82) is 0 Å². The Labute approximate surface area is 87.6 Å². The van der Waals surface area contributed by atoms with Crippen molar-refractivity contribution >= 4 is 0 Å². The van der Waals surface area contributed by atoms with Crippen LogP contribution in [0.15, 0.2) is 12.7 Å². The summed E-state index contributed by atoms with van der Waals surface area (Å²) in [5, 5.41) is 9.90. The molecule has 0 aromatic rings. The predicted molar refractivity (Wildman–Crippen MR) is 60.3 cm³/mol. The Hall–Kier alpha value is -0.340. The largest absolute Gasteiger partial charge is 0.390 e. The van der Waals surface area contributed by atoms with Crippen molar-refractivity contribution in [2.75, 3.05) is 19.6 Å². The van der Waals surface area contributed by atoms with Crippen LogP contribution in [0.4, 0.5) is 0 Å².